The van der Waals surface area contributed by atoms with Gasteiger partial charge in [0.25, 0.3) is 5.91 Å². The van der Waals surface area contributed by atoms with E-state index >= 15 is 0 Å². The number of hydrogen-bond acceptors (Lipinski definition) is 4. The molecule has 6 heteroatoms. The average molecular weight is 277 g/mol. The Morgan fingerprint density at radius 3 is 2.70 bits per heavy atom. The first-order valence-corrected chi connectivity index (χ1v) is 6.67. The van der Waals surface area contributed by atoms with Crippen molar-refractivity contribution in [2.75, 3.05) is 20.2 Å². The minimum atomic E-state index is -0.184. The van der Waals surface area contributed by atoms with Gasteiger partial charge in [0.1, 0.15) is 5.56 Å². The summed E-state index contributed by atoms with van der Waals surface area (Å²) in [6.45, 7) is 2.94. The fourth-order valence-electron chi connectivity index (χ4n) is 2.33. The lowest BCUT2D eigenvalue weighted by atomic mass is 10.0. The summed E-state index contributed by atoms with van der Waals surface area (Å²) in [6.07, 6.45) is 3.13. The van der Waals surface area contributed by atoms with Crippen LogP contribution in [0, 0.1) is 0 Å². The number of nitrogens with one attached hydrogen (secondary N) is 1. The molecule has 2 heterocycles. The van der Waals surface area contributed by atoms with Crippen LogP contribution in [-0.4, -0.2) is 47.9 Å². The van der Waals surface area contributed by atoms with Crippen LogP contribution >= 0.6 is 0 Å². The molecule has 0 atom stereocenters. The van der Waals surface area contributed by atoms with E-state index in [1.54, 1.807) is 30.2 Å². The summed E-state index contributed by atoms with van der Waals surface area (Å²) in [5.74, 6) is 0.228. The van der Waals surface area contributed by atoms with Crippen molar-refractivity contribution >= 4 is 11.8 Å². The number of ether oxygens (including phenoxy) is 1. The Labute approximate surface area is 118 Å². The van der Waals surface area contributed by atoms with Gasteiger partial charge in [0.2, 0.25) is 11.8 Å². The lowest BCUT2D eigenvalue weighted by Gasteiger charge is -2.31. The van der Waals surface area contributed by atoms with E-state index in [0.717, 1.165) is 12.8 Å². The molecule has 1 aromatic rings. The van der Waals surface area contributed by atoms with Gasteiger partial charge in [-0.05, 0) is 25.0 Å². The minimum absolute atomic E-state index is 0.0861. The fraction of sp³-hybridized carbons (Fsp3) is 0.500. The van der Waals surface area contributed by atoms with Crippen LogP contribution in [0.4, 0.5) is 0 Å². The number of carbonyl (C=O) groups is 2. The zero-order chi connectivity index (χ0) is 14.5. The SMILES string of the molecule is COc1ncccc1C(=O)NC1CCN(C(C)=O)CC1. The van der Waals surface area contributed by atoms with E-state index in [0.29, 0.717) is 24.5 Å². The summed E-state index contributed by atoms with van der Waals surface area (Å²) in [5, 5.41) is 2.97. The highest BCUT2D eigenvalue weighted by Gasteiger charge is 2.23. The Balaban J connectivity index is 1.94. The van der Waals surface area contributed by atoms with Crippen molar-refractivity contribution in [2.45, 2.75) is 25.8 Å². The van der Waals surface area contributed by atoms with E-state index < -0.39 is 0 Å². The first-order valence-electron chi connectivity index (χ1n) is 6.67. The molecule has 20 heavy (non-hydrogen) atoms. The molecule has 0 aromatic carbocycles. The molecule has 1 saturated heterocycles. The molecule has 1 aliphatic heterocycles. The van der Waals surface area contributed by atoms with E-state index in [1.165, 1.54) is 7.11 Å². The molecule has 1 fully saturated rings. The molecule has 108 valence electrons. The first kappa shape index (κ1) is 14.3. The summed E-state index contributed by atoms with van der Waals surface area (Å²) in [6, 6.07) is 3.48. The molecule has 0 aliphatic carbocycles. The van der Waals surface area contributed by atoms with Crippen LogP contribution in [0.2, 0.25) is 0 Å². The normalized spacial score (nSPS) is 15.8. The molecule has 0 saturated carbocycles. The van der Waals surface area contributed by atoms with Crippen molar-refractivity contribution in [3.05, 3.63) is 23.9 Å². The Bertz CT molecular complexity index is 496. The summed E-state index contributed by atoms with van der Waals surface area (Å²) in [5.41, 5.74) is 0.434. The molecule has 1 aromatic heterocycles. The molecule has 0 bridgehead atoms. The highest BCUT2D eigenvalue weighted by Crippen LogP contribution is 2.15. The highest BCUT2D eigenvalue weighted by atomic mass is 16.5. The number of rotatable bonds is 3. The van der Waals surface area contributed by atoms with Gasteiger partial charge >= 0.3 is 0 Å². The number of carbonyl (C=O) groups excluding carboxylic acids is 2. The average Bonchev–Trinajstić information content (AvgIpc) is 2.47. The van der Waals surface area contributed by atoms with E-state index in [1.807, 2.05) is 0 Å². The molecule has 0 unspecified atom stereocenters. The number of nitrogens with zero attached hydrogens (tertiary/aromatic N) is 2. The summed E-state index contributed by atoms with van der Waals surface area (Å²) < 4.78 is 5.08. The van der Waals surface area contributed by atoms with E-state index in [-0.39, 0.29) is 17.9 Å². The first-order chi connectivity index (χ1) is 9.61. The van der Waals surface area contributed by atoms with Crippen LogP contribution in [0.15, 0.2) is 18.3 Å². The van der Waals surface area contributed by atoms with Gasteiger partial charge in [-0.3, -0.25) is 9.59 Å². The van der Waals surface area contributed by atoms with Gasteiger partial charge in [0.05, 0.1) is 7.11 Å². The van der Waals surface area contributed by atoms with Gasteiger partial charge in [0, 0.05) is 32.3 Å². The molecule has 0 spiro atoms. The number of hydrogen-bond donors (Lipinski definition) is 1. The van der Waals surface area contributed by atoms with E-state index in [2.05, 4.69) is 10.3 Å². The maximum Gasteiger partial charge on any atom is 0.256 e. The molecular formula is C14H19N3O3. The highest BCUT2D eigenvalue weighted by molar-refractivity contribution is 5.96. The molecule has 6 nitrogen and oxygen atoms in total. The van der Waals surface area contributed by atoms with Crippen molar-refractivity contribution in [3.63, 3.8) is 0 Å². The van der Waals surface area contributed by atoms with E-state index in [9.17, 15) is 9.59 Å². The van der Waals surface area contributed by atoms with Crippen LogP contribution in [0.5, 0.6) is 5.88 Å². The number of amides is 2. The fourth-order valence-corrected chi connectivity index (χ4v) is 2.33. The Hall–Kier alpha value is -2.11. The predicted octanol–water partition coefficient (Wildman–Crippen LogP) is 0.831. The maximum atomic E-state index is 12.2. The third kappa shape index (κ3) is 3.26. The standard InChI is InChI=1S/C14H19N3O3/c1-10(18)17-8-5-11(6-9-17)16-13(19)12-4-3-7-15-14(12)20-2/h3-4,7,11H,5-6,8-9H2,1-2H3,(H,16,19). The van der Waals surface area contributed by atoms with Crippen LogP contribution in [-0.2, 0) is 4.79 Å². The quantitative estimate of drug-likeness (QED) is 0.888. The summed E-state index contributed by atoms with van der Waals surface area (Å²) in [7, 11) is 1.49. The van der Waals surface area contributed by atoms with Crippen molar-refractivity contribution in [1.82, 2.24) is 15.2 Å². The van der Waals surface area contributed by atoms with Gasteiger partial charge in [-0.2, -0.15) is 0 Å². The second-order valence-corrected chi connectivity index (χ2v) is 4.81. The second kappa shape index (κ2) is 6.36. The molecule has 2 amide bonds. The third-order valence-electron chi connectivity index (χ3n) is 3.48. The summed E-state index contributed by atoms with van der Waals surface area (Å²) in [4.78, 5) is 29.3. The van der Waals surface area contributed by atoms with Crippen LogP contribution < -0.4 is 10.1 Å². The Morgan fingerprint density at radius 1 is 1.40 bits per heavy atom. The zero-order valence-electron chi connectivity index (χ0n) is 11.8. The number of likely N-dealkylation sites (tertiary alicyclic amines) is 1. The number of pyridine rings is 1. The van der Waals surface area contributed by atoms with Crippen molar-refractivity contribution < 1.29 is 14.3 Å². The smallest absolute Gasteiger partial charge is 0.256 e. The Kier molecular flexibility index (Phi) is 4.55. The monoisotopic (exact) mass is 277 g/mol. The van der Waals surface area contributed by atoms with Crippen molar-refractivity contribution in [2.24, 2.45) is 0 Å². The van der Waals surface area contributed by atoms with Crippen LogP contribution in [0.1, 0.15) is 30.1 Å². The molecule has 1 N–H and O–H groups in total. The van der Waals surface area contributed by atoms with Crippen molar-refractivity contribution in [3.8, 4) is 5.88 Å². The second-order valence-electron chi connectivity index (χ2n) is 4.81. The largest absolute Gasteiger partial charge is 0.480 e. The maximum absolute atomic E-state index is 12.2. The van der Waals surface area contributed by atoms with Gasteiger partial charge in [0.15, 0.2) is 0 Å². The predicted molar refractivity (Wildman–Crippen MR) is 73.5 cm³/mol. The lowest BCUT2D eigenvalue weighted by Crippen LogP contribution is -2.46. The van der Waals surface area contributed by atoms with Crippen LogP contribution in [0.25, 0.3) is 0 Å². The lowest BCUT2D eigenvalue weighted by molar-refractivity contribution is -0.129. The molecule has 0 radical (unpaired) electrons. The summed E-state index contributed by atoms with van der Waals surface area (Å²) >= 11 is 0. The van der Waals surface area contributed by atoms with Gasteiger partial charge in [-0.1, -0.05) is 0 Å². The van der Waals surface area contributed by atoms with Crippen molar-refractivity contribution in [1.29, 1.82) is 0 Å². The number of methoxy groups -OCH3 is 1. The topological polar surface area (TPSA) is 71.5 Å². The third-order valence-corrected chi connectivity index (χ3v) is 3.48. The van der Waals surface area contributed by atoms with E-state index in [4.69, 9.17) is 4.74 Å². The number of piperidine rings is 1. The molecule has 2 rings (SSSR count). The van der Waals surface area contributed by atoms with Gasteiger partial charge < -0.3 is 15.0 Å². The van der Waals surface area contributed by atoms with Crippen LogP contribution in [0.3, 0.4) is 0 Å². The Morgan fingerprint density at radius 2 is 2.10 bits per heavy atom. The minimum Gasteiger partial charge on any atom is -0.480 e. The van der Waals surface area contributed by atoms with Gasteiger partial charge in [-0.25, -0.2) is 4.98 Å². The molecular weight excluding hydrogens is 258 g/mol. The zero-order valence-corrected chi connectivity index (χ0v) is 11.8. The molecule has 1 aliphatic rings. The number of aromatic nitrogens is 1. The van der Waals surface area contributed by atoms with Gasteiger partial charge in [-0.15, -0.1) is 0 Å².